The van der Waals surface area contributed by atoms with Crippen LogP contribution in [-0.2, 0) is 14.3 Å². The molecule has 4 nitrogen and oxygen atoms in total. The van der Waals surface area contributed by atoms with Crippen molar-refractivity contribution in [3.05, 3.63) is 0 Å². The fraction of sp³-hybridized carbons (Fsp3) is 0.947. The van der Waals surface area contributed by atoms with E-state index in [0.717, 1.165) is 44.9 Å². The number of rotatable bonds is 31. The predicted octanol–water partition coefficient (Wildman–Crippen LogP) is 12.3. The number of hydrogen-bond acceptors (Lipinski definition) is 3. The van der Waals surface area contributed by atoms with Gasteiger partial charge in [-0.25, -0.2) is 0 Å². The first-order valence-corrected chi connectivity index (χ1v) is 18.6. The zero-order valence-corrected chi connectivity index (χ0v) is 29.3. The molecule has 0 aromatic rings. The van der Waals surface area contributed by atoms with Gasteiger partial charge < -0.3 is 9.84 Å². The monoisotopic (exact) mass is 595 g/mol. The summed E-state index contributed by atoms with van der Waals surface area (Å²) in [6.07, 6.45) is 29.4. The van der Waals surface area contributed by atoms with Crippen LogP contribution in [0, 0.1) is 23.2 Å². The summed E-state index contributed by atoms with van der Waals surface area (Å²) in [5.74, 6) is 0.862. The maximum absolute atomic E-state index is 13.7. The molecule has 0 heterocycles. The molecule has 0 rings (SSSR count). The number of esters is 1. The SMILES string of the molecule is CCCCC(CC)COC(=O)C(C)(CC(CC)CCCC)C(C)CCCCCCCCCCCCCCCCC(=O)O. The van der Waals surface area contributed by atoms with Gasteiger partial charge in [-0.2, -0.15) is 0 Å². The summed E-state index contributed by atoms with van der Waals surface area (Å²) >= 11 is 0. The van der Waals surface area contributed by atoms with Gasteiger partial charge in [-0.3, -0.25) is 9.59 Å². The van der Waals surface area contributed by atoms with Gasteiger partial charge in [0.1, 0.15) is 0 Å². The van der Waals surface area contributed by atoms with Crippen LogP contribution in [0.4, 0.5) is 0 Å². The van der Waals surface area contributed by atoms with Gasteiger partial charge in [-0.15, -0.1) is 0 Å². The molecular formula is C38H74O4. The highest BCUT2D eigenvalue weighted by atomic mass is 16.5. The molecule has 0 saturated carbocycles. The van der Waals surface area contributed by atoms with Crippen LogP contribution in [0.25, 0.3) is 0 Å². The van der Waals surface area contributed by atoms with Gasteiger partial charge in [0.25, 0.3) is 0 Å². The van der Waals surface area contributed by atoms with Crippen LogP contribution in [0.15, 0.2) is 0 Å². The van der Waals surface area contributed by atoms with E-state index in [9.17, 15) is 9.59 Å². The van der Waals surface area contributed by atoms with Gasteiger partial charge in [-0.05, 0) is 50.4 Å². The lowest BCUT2D eigenvalue weighted by atomic mass is 9.69. The van der Waals surface area contributed by atoms with Crippen molar-refractivity contribution in [2.75, 3.05) is 6.61 Å². The van der Waals surface area contributed by atoms with Crippen LogP contribution in [0.2, 0.25) is 0 Å². The number of carbonyl (C=O) groups is 2. The lowest BCUT2D eigenvalue weighted by molar-refractivity contribution is -0.161. The van der Waals surface area contributed by atoms with Crippen LogP contribution >= 0.6 is 0 Å². The predicted molar refractivity (Wildman–Crippen MR) is 181 cm³/mol. The highest BCUT2D eigenvalue weighted by Crippen LogP contribution is 2.41. The number of carbonyl (C=O) groups excluding carboxylic acids is 1. The Balaban J connectivity index is 4.39. The molecule has 42 heavy (non-hydrogen) atoms. The van der Waals surface area contributed by atoms with Crippen LogP contribution < -0.4 is 0 Å². The number of unbranched alkanes of at least 4 members (excludes halogenated alkanes) is 15. The molecule has 0 saturated heterocycles. The van der Waals surface area contributed by atoms with Crippen LogP contribution in [0.1, 0.15) is 202 Å². The molecule has 4 atom stereocenters. The summed E-state index contributed by atoms with van der Waals surface area (Å²) in [5.41, 5.74) is -0.379. The van der Waals surface area contributed by atoms with Crippen molar-refractivity contribution in [2.45, 2.75) is 202 Å². The molecule has 0 aliphatic rings. The molecule has 0 aromatic carbocycles. The van der Waals surface area contributed by atoms with Gasteiger partial charge in [0, 0.05) is 6.42 Å². The Morgan fingerprint density at radius 3 is 1.48 bits per heavy atom. The van der Waals surface area contributed by atoms with Crippen molar-refractivity contribution in [1.29, 1.82) is 0 Å². The van der Waals surface area contributed by atoms with E-state index in [0.29, 0.717) is 30.8 Å². The first-order valence-electron chi connectivity index (χ1n) is 18.6. The van der Waals surface area contributed by atoms with Crippen LogP contribution in [0.5, 0.6) is 0 Å². The summed E-state index contributed by atoms with van der Waals surface area (Å²) in [6.45, 7) is 14.2. The minimum absolute atomic E-state index is 0.0677. The average molecular weight is 595 g/mol. The average Bonchev–Trinajstić information content (AvgIpc) is 2.98. The topological polar surface area (TPSA) is 63.6 Å². The fourth-order valence-electron chi connectivity index (χ4n) is 6.45. The van der Waals surface area contributed by atoms with Gasteiger partial charge in [0.05, 0.1) is 12.0 Å². The van der Waals surface area contributed by atoms with Gasteiger partial charge in [0.2, 0.25) is 0 Å². The van der Waals surface area contributed by atoms with E-state index in [4.69, 9.17) is 9.84 Å². The summed E-state index contributed by atoms with van der Waals surface area (Å²) in [5, 5.41) is 8.68. The number of carboxylic acids is 1. The first kappa shape index (κ1) is 40.9. The Labute approximate surface area is 262 Å². The van der Waals surface area contributed by atoms with Gasteiger partial charge in [-0.1, -0.05) is 163 Å². The molecule has 4 heteroatoms. The summed E-state index contributed by atoms with van der Waals surface area (Å²) < 4.78 is 6.11. The van der Waals surface area contributed by atoms with E-state index in [1.54, 1.807) is 0 Å². The van der Waals surface area contributed by atoms with Crippen molar-refractivity contribution in [3.8, 4) is 0 Å². The second kappa shape index (κ2) is 27.5. The lowest BCUT2D eigenvalue weighted by Gasteiger charge is -2.37. The first-order chi connectivity index (χ1) is 20.2. The molecule has 0 bridgehead atoms. The highest BCUT2D eigenvalue weighted by molar-refractivity contribution is 5.76. The maximum Gasteiger partial charge on any atom is 0.312 e. The molecule has 0 radical (unpaired) electrons. The summed E-state index contributed by atoms with van der Waals surface area (Å²) in [6, 6.07) is 0. The smallest absolute Gasteiger partial charge is 0.312 e. The second-order valence-corrected chi connectivity index (χ2v) is 13.8. The third-order valence-electron chi connectivity index (χ3n) is 10.1. The maximum atomic E-state index is 13.7. The number of aliphatic carboxylic acids is 1. The molecule has 0 amide bonds. The Kier molecular flexibility index (Phi) is 26.8. The Bertz CT molecular complexity index is 633. The van der Waals surface area contributed by atoms with Gasteiger partial charge in [0.15, 0.2) is 0 Å². The summed E-state index contributed by atoms with van der Waals surface area (Å²) in [7, 11) is 0. The van der Waals surface area contributed by atoms with Crippen molar-refractivity contribution in [2.24, 2.45) is 23.2 Å². The van der Waals surface area contributed by atoms with Crippen LogP contribution in [-0.4, -0.2) is 23.7 Å². The molecule has 1 N–H and O–H groups in total. The van der Waals surface area contributed by atoms with E-state index >= 15 is 0 Å². The molecule has 0 fully saturated rings. The Morgan fingerprint density at radius 2 is 1.05 bits per heavy atom. The van der Waals surface area contributed by atoms with Crippen molar-refractivity contribution < 1.29 is 19.4 Å². The van der Waals surface area contributed by atoms with Crippen molar-refractivity contribution >= 4 is 11.9 Å². The third-order valence-corrected chi connectivity index (χ3v) is 10.1. The van der Waals surface area contributed by atoms with E-state index in [1.807, 2.05) is 0 Å². The molecule has 0 aliphatic heterocycles. The Hall–Kier alpha value is -1.06. The molecule has 250 valence electrons. The van der Waals surface area contributed by atoms with Gasteiger partial charge >= 0.3 is 11.9 Å². The van der Waals surface area contributed by atoms with E-state index in [2.05, 4.69) is 41.5 Å². The molecule has 0 spiro atoms. The Morgan fingerprint density at radius 1 is 0.619 bits per heavy atom. The number of ether oxygens (including phenoxy) is 1. The van der Waals surface area contributed by atoms with E-state index < -0.39 is 5.97 Å². The number of carboxylic acid groups (broad SMARTS) is 1. The minimum atomic E-state index is -0.665. The molecular weight excluding hydrogens is 520 g/mol. The van der Waals surface area contributed by atoms with Crippen molar-refractivity contribution in [1.82, 2.24) is 0 Å². The van der Waals surface area contributed by atoms with E-state index in [1.165, 1.54) is 109 Å². The second-order valence-electron chi connectivity index (χ2n) is 13.8. The zero-order valence-electron chi connectivity index (χ0n) is 29.3. The fourth-order valence-corrected chi connectivity index (χ4v) is 6.45. The number of hydrogen-bond donors (Lipinski definition) is 1. The standard InChI is InChI=1S/C38H74O4/c1-7-11-28-34(9-3)31-38(6,37(41)42-32-35(10-4)29-12-8-2)33(5)27-25-23-21-19-17-15-13-14-16-18-20-22-24-26-30-36(39)40/h33-35H,7-32H2,1-6H3,(H,39,40). The third kappa shape index (κ3) is 20.8. The molecule has 0 aliphatic carbocycles. The van der Waals surface area contributed by atoms with Crippen LogP contribution in [0.3, 0.4) is 0 Å². The zero-order chi connectivity index (χ0) is 31.5. The summed E-state index contributed by atoms with van der Waals surface area (Å²) in [4.78, 5) is 24.2. The normalized spacial score (nSPS) is 15.2. The minimum Gasteiger partial charge on any atom is -0.481 e. The highest BCUT2D eigenvalue weighted by Gasteiger charge is 2.41. The lowest BCUT2D eigenvalue weighted by Crippen LogP contribution is -2.39. The molecule has 0 aromatic heterocycles. The molecule has 4 unspecified atom stereocenters. The largest absolute Gasteiger partial charge is 0.481 e. The quantitative estimate of drug-likeness (QED) is 0.0640. The van der Waals surface area contributed by atoms with E-state index in [-0.39, 0.29) is 11.4 Å². The van der Waals surface area contributed by atoms with Crippen molar-refractivity contribution in [3.63, 3.8) is 0 Å².